The molecule has 3 nitrogen and oxygen atoms in total. The molecule has 1 atom stereocenters. The minimum absolute atomic E-state index is 0.419. The van der Waals surface area contributed by atoms with Gasteiger partial charge in [0, 0.05) is 0 Å². The lowest BCUT2D eigenvalue weighted by Gasteiger charge is -2.02. The topological polar surface area (TPSA) is 38.1 Å². The lowest BCUT2D eigenvalue weighted by Crippen LogP contribution is -2.11. The van der Waals surface area contributed by atoms with Gasteiger partial charge in [-0.15, -0.1) is 0 Å². The van der Waals surface area contributed by atoms with E-state index >= 15 is 0 Å². The standard InChI is InChI=1S/C7H10N2O/c1-2-6(9-3-1)7-4-8-5-10-7/h4-6,9H,1-3H2/t6-/m0/s1. The molecule has 0 amide bonds. The average Bonchev–Trinajstić information content (AvgIpc) is 2.59. The third kappa shape index (κ3) is 0.926. The molecular weight excluding hydrogens is 128 g/mol. The molecular formula is C7H10N2O. The van der Waals surface area contributed by atoms with Crippen molar-refractivity contribution >= 4 is 0 Å². The molecule has 1 aliphatic heterocycles. The summed E-state index contributed by atoms with van der Waals surface area (Å²) < 4.78 is 5.14. The molecule has 1 saturated heterocycles. The van der Waals surface area contributed by atoms with Crippen molar-refractivity contribution in [3.05, 3.63) is 18.4 Å². The molecule has 0 saturated carbocycles. The summed E-state index contributed by atoms with van der Waals surface area (Å²) in [4.78, 5) is 3.86. The molecule has 10 heavy (non-hydrogen) atoms. The van der Waals surface area contributed by atoms with Crippen molar-refractivity contribution in [3.63, 3.8) is 0 Å². The molecule has 1 N–H and O–H groups in total. The monoisotopic (exact) mass is 138 g/mol. The van der Waals surface area contributed by atoms with Crippen molar-refractivity contribution in [3.8, 4) is 0 Å². The first-order valence-corrected chi connectivity index (χ1v) is 3.58. The maximum absolute atomic E-state index is 5.14. The molecule has 3 heteroatoms. The molecule has 0 radical (unpaired) electrons. The Labute approximate surface area is 59.4 Å². The third-order valence-electron chi connectivity index (χ3n) is 1.86. The number of nitrogens with zero attached hydrogens (tertiary/aromatic N) is 1. The second-order valence-electron chi connectivity index (χ2n) is 2.55. The largest absolute Gasteiger partial charge is 0.447 e. The highest BCUT2D eigenvalue weighted by Crippen LogP contribution is 2.21. The molecule has 0 spiro atoms. The van der Waals surface area contributed by atoms with Gasteiger partial charge in [-0.05, 0) is 19.4 Å². The third-order valence-corrected chi connectivity index (χ3v) is 1.86. The van der Waals surface area contributed by atoms with Gasteiger partial charge in [-0.3, -0.25) is 0 Å². The molecule has 0 unspecified atom stereocenters. The molecule has 0 bridgehead atoms. The van der Waals surface area contributed by atoms with Crippen molar-refractivity contribution in [2.45, 2.75) is 18.9 Å². The zero-order valence-corrected chi connectivity index (χ0v) is 5.71. The van der Waals surface area contributed by atoms with Crippen LogP contribution in [0.5, 0.6) is 0 Å². The van der Waals surface area contributed by atoms with Gasteiger partial charge in [-0.2, -0.15) is 0 Å². The number of oxazole rings is 1. The molecule has 54 valence electrons. The lowest BCUT2D eigenvalue weighted by molar-refractivity contribution is 0.443. The maximum Gasteiger partial charge on any atom is 0.180 e. The van der Waals surface area contributed by atoms with Crippen molar-refractivity contribution in [1.82, 2.24) is 10.3 Å². The van der Waals surface area contributed by atoms with Crippen LogP contribution in [0.2, 0.25) is 0 Å². The number of aromatic nitrogens is 1. The maximum atomic E-state index is 5.14. The molecule has 0 aromatic carbocycles. The zero-order chi connectivity index (χ0) is 6.81. The second-order valence-corrected chi connectivity index (χ2v) is 2.55. The van der Waals surface area contributed by atoms with Crippen LogP contribution >= 0.6 is 0 Å². The van der Waals surface area contributed by atoms with Crippen molar-refractivity contribution in [2.24, 2.45) is 0 Å². The number of rotatable bonds is 1. The average molecular weight is 138 g/mol. The Morgan fingerprint density at radius 1 is 1.70 bits per heavy atom. The van der Waals surface area contributed by atoms with E-state index in [1.807, 2.05) is 0 Å². The Morgan fingerprint density at radius 3 is 3.30 bits per heavy atom. The first-order chi connectivity index (χ1) is 4.97. The van der Waals surface area contributed by atoms with Crippen LogP contribution in [0.3, 0.4) is 0 Å². The number of hydrogen-bond acceptors (Lipinski definition) is 3. The van der Waals surface area contributed by atoms with Crippen LogP contribution in [0.25, 0.3) is 0 Å². The first-order valence-electron chi connectivity index (χ1n) is 3.58. The van der Waals surface area contributed by atoms with Crippen LogP contribution in [0.4, 0.5) is 0 Å². The van der Waals surface area contributed by atoms with Crippen LogP contribution in [0.1, 0.15) is 24.6 Å². The number of nitrogens with one attached hydrogen (secondary N) is 1. The minimum atomic E-state index is 0.419. The molecule has 1 aromatic heterocycles. The van der Waals surface area contributed by atoms with Gasteiger partial charge in [0.15, 0.2) is 6.39 Å². The fourth-order valence-electron chi connectivity index (χ4n) is 1.33. The van der Waals surface area contributed by atoms with Gasteiger partial charge < -0.3 is 9.73 Å². The molecule has 0 aliphatic carbocycles. The van der Waals surface area contributed by atoms with Gasteiger partial charge in [0.1, 0.15) is 5.76 Å². The second kappa shape index (κ2) is 2.42. The first kappa shape index (κ1) is 5.92. The summed E-state index contributed by atoms with van der Waals surface area (Å²) in [7, 11) is 0. The van der Waals surface area contributed by atoms with E-state index < -0.39 is 0 Å². The van der Waals surface area contributed by atoms with Crippen LogP contribution < -0.4 is 5.32 Å². The van der Waals surface area contributed by atoms with E-state index in [2.05, 4.69) is 10.3 Å². The van der Waals surface area contributed by atoms with Crippen LogP contribution in [0, 0.1) is 0 Å². The predicted molar refractivity (Wildman–Crippen MR) is 36.5 cm³/mol. The van der Waals surface area contributed by atoms with E-state index in [0.717, 1.165) is 12.3 Å². The Hall–Kier alpha value is -0.830. The quantitative estimate of drug-likeness (QED) is 0.631. The summed E-state index contributed by atoms with van der Waals surface area (Å²) >= 11 is 0. The predicted octanol–water partition coefficient (Wildman–Crippen LogP) is 1.10. The summed E-state index contributed by atoms with van der Waals surface area (Å²) in [5.41, 5.74) is 0. The minimum Gasteiger partial charge on any atom is -0.447 e. The zero-order valence-electron chi connectivity index (χ0n) is 5.71. The van der Waals surface area contributed by atoms with Gasteiger partial charge in [0.2, 0.25) is 0 Å². The van der Waals surface area contributed by atoms with Gasteiger partial charge in [-0.25, -0.2) is 4.98 Å². The Morgan fingerprint density at radius 2 is 2.70 bits per heavy atom. The van der Waals surface area contributed by atoms with E-state index in [9.17, 15) is 0 Å². The van der Waals surface area contributed by atoms with Crippen LogP contribution in [-0.2, 0) is 0 Å². The van der Waals surface area contributed by atoms with Gasteiger partial charge in [0.05, 0.1) is 12.2 Å². The summed E-state index contributed by atoms with van der Waals surface area (Å²) in [5.74, 6) is 0.970. The van der Waals surface area contributed by atoms with Gasteiger partial charge in [0.25, 0.3) is 0 Å². The Kier molecular flexibility index (Phi) is 1.43. The van der Waals surface area contributed by atoms with E-state index in [-0.39, 0.29) is 0 Å². The van der Waals surface area contributed by atoms with Crippen LogP contribution in [0.15, 0.2) is 17.0 Å². The molecule has 1 aromatic rings. The summed E-state index contributed by atoms with van der Waals surface area (Å²) in [5, 5.41) is 3.33. The highest BCUT2D eigenvalue weighted by molar-refractivity contribution is 4.99. The number of hydrogen-bond donors (Lipinski definition) is 1. The lowest BCUT2D eigenvalue weighted by atomic mass is 10.2. The van der Waals surface area contributed by atoms with Crippen LogP contribution in [-0.4, -0.2) is 11.5 Å². The highest BCUT2D eigenvalue weighted by atomic mass is 16.3. The molecule has 2 rings (SSSR count). The van der Waals surface area contributed by atoms with Gasteiger partial charge in [-0.1, -0.05) is 0 Å². The SMILES string of the molecule is c1ncc([C@@H]2CCCN2)o1. The van der Waals surface area contributed by atoms with E-state index in [0.29, 0.717) is 6.04 Å². The Balaban J connectivity index is 2.12. The molecule has 1 aliphatic rings. The smallest absolute Gasteiger partial charge is 0.180 e. The van der Waals surface area contributed by atoms with Crippen molar-refractivity contribution in [2.75, 3.05) is 6.54 Å². The van der Waals surface area contributed by atoms with E-state index in [1.165, 1.54) is 19.2 Å². The highest BCUT2D eigenvalue weighted by Gasteiger charge is 2.18. The fourth-order valence-corrected chi connectivity index (χ4v) is 1.33. The molecule has 1 fully saturated rings. The summed E-state index contributed by atoms with van der Waals surface area (Å²) in [6, 6.07) is 0.419. The van der Waals surface area contributed by atoms with Gasteiger partial charge >= 0.3 is 0 Å². The fraction of sp³-hybridized carbons (Fsp3) is 0.571. The van der Waals surface area contributed by atoms with Crippen molar-refractivity contribution < 1.29 is 4.42 Å². The van der Waals surface area contributed by atoms with E-state index in [1.54, 1.807) is 6.20 Å². The normalized spacial score (nSPS) is 25.4. The summed E-state index contributed by atoms with van der Waals surface area (Å²) in [6.07, 6.45) is 5.68. The summed E-state index contributed by atoms with van der Waals surface area (Å²) in [6.45, 7) is 1.10. The molecule has 2 heterocycles. The van der Waals surface area contributed by atoms with Crippen molar-refractivity contribution in [1.29, 1.82) is 0 Å². The Bertz CT molecular complexity index is 189. The van der Waals surface area contributed by atoms with E-state index in [4.69, 9.17) is 4.42 Å².